The van der Waals surface area contributed by atoms with Crippen LogP contribution in [-0.4, -0.2) is 48.6 Å². The number of nitro benzene ring substituents is 1. The molecular formula is C19H23N3O6. The Hall–Kier alpha value is -3.20. The van der Waals surface area contributed by atoms with Gasteiger partial charge in [-0.15, -0.1) is 0 Å². The van der Waals surface area contributed by atoms with Gasteiger partial charge >= 0.3 is 5.97 Å². The number of nitrogens with zero attached hydrogens (tertiary/aromatic N) is 2. The third-order valence-electron chi connectivity index (χ3n) is 4.43. The van der Waals surface area contributed by atoms with E-state index >= 15 is 0 Å². The number of methoxy groups -OCH3 is 1. The minimum atomic E-state index is -0.811. The average molecular weight is 389 g/mol. The lowest BCUT2D eigenvalue weighted by Crippen LogP contribution is -2.16. The number of esters is 1. The quantitative estimate of drug-likeness (QED) is 0.304. The van der Waals surface area contributed by atoms with Crippen molar-refractivity contribution in [2.45, 2.75) is 20.4 Å². The summed E-state index contributed by atoms with van der Waals surface area (Å²) < 4.78 is 12.2. The maximum atomic E-state index is 12.5. The zero-order chi connectivity index (χ0) is 20.8. The van der Waals surface area contributed by atoms with E-state index in [2.05, 4.69) is 5.32 Å². The lowest BCUT2D eigenvalue weighted by Gasteiger charge is -2.10. The van der Waals surface area contributed by atoms with Crippen molar-refractivity contribution >= 4 is 23.1 Å². The summed E-state index contributed by atoms with van der Waals surface area (Å²) in [4.78, 5) is 35.2. The molecule has 0 fully saturated rings. The highest BCUT2D eigenvalue weighted by molar-refractivity contribution is 6.02. The van der Waals surface area contributed by atoms with Crippen LogP contribution in [0.3, 0.4) is 0 Å². The van der Waals surface area contributed by atoms with Crippen molar-refractivity contribution in [3.63, 3.8) is 0 Å². The molecule has 0 spiro atoms. The van der Waals surface area contributed by atoms with Gasteiger partial charge in [0.2, 0.25) is 5.78 Å². The molecule has 150 valence electrons. The topological polar surface area (TPSA) is 113 Å². The average Bonchev–Trinajstić information content (AvgIpc) is 2.97. The molecular weight excluding hydrogens is 366 g/mol. The van der Waals surface area contributed by atoms with Crippen molar-refractivity contribution in [3.05, 3.63) is 56.9 Å². The van der Waals surface area contributed by atoms with Crippen LogP contribution in [0.4, 0.5) is 11.4 Å². The molecule has 1 aromatic carbocycles. The fourth-order valence-corrected chi connectivity index (χ4v) is 2.93. The summed E-state index contributed by atoms with van der Waals surface area (Å²) in [5.74, 6) is -1.16. The van der Waals surface area contributed by atoms with Gasteiger partial charge in [-0.1, -0.05) is 0 Å². The van der Waals surface area contributed by atoms with Gasteiger partial charge in [-0.2, -0.15) is 0 Å². The van der Waals surface area contributed by atoms with Gasteiger partial charge in [0.15, 0.2) is 6.61 Å². The van der Waals surface area contributed by atoms with E-state index in [1.165, 1.54) is 12.1 Å². The molecule has 0 atom stereocenters. The van der Waals surface area contributed by atoms with Crippen LogP contribution in [0.2, 0.25) is 0 Å². The summed E-state index contributed by atoms with van der Waals surface area (Å²) in [5, 5.41) is 13.7. The highest BCUT2D eigenvalue weighted by Gasteiger charge is 2.21. The van der Waals surface area contributed by atoms with Crippen LogP contribution in [-0.2, 0) is 16.0 Å². The van der Waals surface area contributed by atoms with Gasteiger partial charge in [0.1, 0.15) is 0 Å². The Morgan fingerprint density at radius 2 is 1.93 bits per heavy atom. The van der Waals surface area contributed by atoms with Crippen LogP contribution in [0.25, 0.3) is 0 Å². The molecule has 9 heteroatoms. The maximum absolute atomic E-state index is 12.5. The Morgan fingerprint density at radius 3 is 2.54 bits per heavy atom. The van der Waals surface area contributed by atoms with Crippen molar-refractivity contribution in [1.82, 2.24) is 4.57 Å². The molecule has 0 radical (unpaired) electrons. The first-order chi connectivity index (χ1) is 13.3. The van der Waals surface area contributed by atoms with Crippen molar-refractivity contribution in [1.29, 1.82) is 0 Å². The Bertz CT molecular complexity index is 903. The van der Waals surface area contributed by atoms with Gasteiger partial charge in [0, 0.05) is 55.5 Å². The second kappa shape index (κ2) is 9.14. The summed E-state index contributed by atoms with van der Waals surface area (Å²) in [5.41, 5.74) is 2.27. The predicted octanol–water partition coefficient (Wildman–Crippen LogP) is 2.74. The Balaban J connectivity index is 2.14. The molecule has 0 unspecified atom stereocenters. The van der Waals surface area contributed by atoms with E-state index in [1.807, 2.05) is 18.4 Å². The molecule has 1 aromatic heterocycles. The smallest absolute Gasteiger partial charge is 0.340 e. The number of Topliss-reactive ketones (excluding diaryl/α,β-unsaturated/α-hetero) is 1. The molecule has 0 aliphatic rings. The maximum Gasteiger partial charge on any atom is 0.340 e. The van der Waals surface area contributed by atoms with Gasteiger partial charge in [-0.05, 0) is 26.0 Å². The third-order valence-corrected chi connectivity index (χ3v) is 4.43. The second-order valence-corrected chi connectivity index (χ2v) is 6.17. The van der Waals surface area contributed by atoms with Crippen LogP contribution in [0.15, 0.2) is 24.3 Å². The molecule has 0 saturated heterocycles. The SMILES string of the molecule is CNc1ccc([N+](=O)[O-])cc1C(=O)OCC(=O)c1cc(C)n(CCOC)c1C. The van der Waals surface area contributed by atoms with Crippen molar-refractivity contribution < 1.29 is 24.0 Å². The zero-order valence-corrected chi connectivity index (χ0v) is 16.3. The van der Waals surface area contributed by atoms with Crippen LogP contribution >= 0.6 is 0 Å². The van der Waals surface area contributed by atoms with Gasteiger partial charge in [0.25, 0.3) is 5.69 Å². The number of rotatable bonds is 9. The van der Waals surface area contributed by atoms with Crippen LogP contribution in [0.5, 0.6) is 0 Å². The summed E-state index contributed by atoms with van der Waals surface area (Å²) in [6.07, 6.45) is 0. The minimum absolute atomic E-state index is 0.00457. The van der Waals surface area contributed by atoms with Crippen LogP contribution in [0.1, 0.15) is 32.1 Å². The van der Waals surface area contributed by atoms with Crippen molar-refractivity contribution in [3.8, 4) is 0 Å². The lowest BCUT2D eigenvalue weighted by atomic mass is 10.1. The van der Waals surface area contributed by atoms with Gasteiger partial charge in [-0.25, -0.2) is 4.79 Å². The van der Waals surface area contributed by atoms with E-state index in [0.29, 0.717) is 24.4 Å². The van der Waals surface area contributed by atoms with E-state index < -0.39 is 17.5 Å². The number of carbonyl (C=O) groups is 2. The predicted molar refractivity (Wildman–Crippen MR) is 103 cm³/mol. The molecule has 0 saturated carbocycles. The number of aryl methyl sites for hydroxylation is 1. The number of anilines is 1. The van der Waals surface area contributed by atoms with Gasteiger partial charge < -0.3 is 19.4 Å². The normalized spacial score (nSPS) is 10.6. The van der Waals surface area contributed by atoms with Gasteiger partial charge in [0.05, 0.1) is 17.1 Å². The molecule has 0 aliphatic carbocycles. The van der Waals surface area contributed by atoms with E-state index in [0.717, 1.165) is 17.5 Å². The minimum Gasteiger partial charge on any atom is -0.454 e. The fraction of sp³-hybridized carbons (Fsp3) is 0.368. The number of non-ortho nitro benzene ring substituents is 1. The number of nitro groups is 1. The molecule has 1 heterocycles. The second-order valence-electron chi connectivity index (χ2n) is 6.17. The van der Waals surface area contributed by atoms with Crippen molar-refractivity contribution in [2.24, 2.45) is 0 Å². The standard InChI is InChI=1S/C19H23N3O6/c1-12-9-15(13(2)21(12)7-8-27-4)18(23)11-28-19(24)16-10-14(22(25)26)5-6-17(16)20-3/h5-6,9-10,20H,7-8,11H2,1-4H3. The Kier molecular flexibility index (Phi) is 6.89. The summed E-state index contributed by atoms with van der Waals surface area (Å²) >= 11 is 0. The molecule has 28 heavy (non-hydrogen) atoms. The lowest BCUT2D eigenvalue weighted by molar-refractivity contribution is -0.384. The number of benzene rings is 1. The first-order valence-electron chi connectivity index (χ1n) is 8.62. The molecule has 0 bridgehead atoms. The first kappa shape index (κ1) is 21.1. The summed E-state index contributed by atoms with van der Waals surface area (Å²) in [6.45, 7) is 4.36. The molecule has 2 aromatic rings. The Morgan fingerprint density at radius 1 is 1.21 bits per heavy atom. The highest BCUT2D eigenvalue weighted by Crippen LogP contribution is 2.23. The molecule has 1 N–H and O–H groups in total. The van der Waals surface area contributed by atoms with E-state index in [1.54, 1.807) is 20.2 Å². The third kappa shape index (κ3) is 4.55. The van der Waals surface area contributed by atoms with Crippen LogP contribution < -0.4 is 5.32 Å². The summed E-state index contributed by atoms with van der Waals surface area (Å²) in [6, 6.07) is 5.56. The monoisotopic (exact) mass is 389 g/mol. The fourth-order valence-electron chi connectivity index (χ4n) is 2.93. The molecule has 2 rings (SSSR count). The molecule has 0 amide bonds. The number of nitrogens with one attached hydrogen (secondary N) is 1. The first-order valence-corrected chi connectivity index (χ1v) is 8.62. The highest BCUT2D eigenvalue weighted by atomic mass is 16.6. The zero-order valence-electron chi connectivity index (χ0n) is 16.3. The molecule has 9 nitrogen and oxygen atoms in total. The Labute approximate surface area is 162 Å². The number of aromatic nitrogens is 1. The van der Waals surface area contributed by atoms with Crippen molar-refractivity contribution in [2.75, 3.05) is 32.7 Å². The summed E-state index contributed by atoms with van der Waals surface area (Å²) in [7, 11) is 3.19. The number of hydrogen-bond donors (Lipinski definition) is 1. The number of hydrogen-bond acceptors (Lipinski definition) is 7. The number of ether oxygens (including phenoxy) is 2. The van der Waals surface area contributed by atoms with E-state index in [9.17, 15) is 19.7 Å². The van der Waals surface area contributed by atoms with E-state index in [4.69, 9.17) is 9.47 Å². The molecule has 0 aliphatic heterocycles. The largest absolute Gasteiger partial charge is 0.454 e. The number of ketones is 1. The van der Waals surface area contributed by atoms with Gasteiger partial charge in [-0.3, -0.25) is 14.9 Å². The van der Waals surface area contributed by atoms with E-state index in [-0.39, 0.29) is 17.0 Å². The van der Waals surface area contributed by atoms with Crippen LogP contribution in [0, 0.1) is 24.0 Å². The number of carbonyl (C=O) groups excluding carboxylic acids is 2.